The Morgan fingerprint density at radius 2 is 2.36 bits per heavy atom. The number of carboxylic acid groups (broad SMARTS) is 1. The van der Waals surface area contributed by atoms with E-state index in [1.54, 1.807) is 11.8 Å². The van der Waals surface area contributed by atoms with Gasteiger partial charge in [-0.2, -0.15) is 0 Å². The van der Waals surface area contributed by atoms with Gasteiger partial charge in [-0.05, 0) is 19.8 Å². The first-order valence-electron chi connectivity index (χ1n) is 4.36. The van der Waals surface area contributed by atoms with Gasteiger partial charge in [-0.1, -0.05) is 23.1 Å². The number of rotatable bonds is 3. The van der Waals surface area contributed by atoms with E-state index >= 15 is 0 Å². The molecule has 1 aromatic heterocycles. The molecule has 0 radical (unpaired) electrons. The standard InChI is InChI=1S/C8H10N2O2S2/c1-4-9-10-8(13-4)14-6-3-2-5(6)7(11)12/h5-6H,2-3H2,1H3,(H,11,12). The second kappa shape index (κ2) is 3.86. The van der Waals surface area contributed by atoms with Crippen molar-refractivity contribution in [2.75, 3.05) is 0 Å². The van der Waals surface area contributed by atoms with Crippen LogP contribution in [0.4, 0.5) is 0 Å². The van der Waals surface area contributed by atoms with E-state index in [2.05, 4.69) is 10.2 Å². The SMILES string of the molecule is Cc1nnc(SC2CCC2C(=O)O)s1. The van der Waals surface area contributed by atoms with Gasteiger partial charge in [-0.15, -0.1) is 10.2 Å². The summed E-state index contributed by atoms with van der Waals surface area (Å²) < 4.78 is 0.887. The first kappa shape index (κ1) is 9.92. The van der Waals surface area contributed by atoms with Gasteiger partial charge in [-0.3, -0.25) is 4.79 Å². The van der Waals surface area contributed by atoms with Crippen molar-refractivity contribution in [1.82, 2.24) is 10.2 Å². The molecule has 2 rings (SSSR count). The van der Waals surface area contributed by atoms with Crippen molar-refractivity contribution in [1.29, 1.82) is 0 Å². The number of aryl methyl sites for hydroxylation is 1. The Labute approximate surface area is 89.7 Å². The average molecular weight is 230 g/mol. The van der Waals surface area contributed by atoms with Crippen molar-refractivity contribution >= 4 is 29.1 Å². The molecule has 1 N–H and O–H groups in total. The second-order valence-electron chi connectivity index (χ2n) is 3.27. The summed E-state index contributed by atoms with van der Waals surface area (Å²) in [4.78, 5) is 10.7. The Bertz CT molecular complexity index is 353. The number of thioether (sulfide) groups is 1. The molecule has 1 aromatic rings. The number of aliphatic carboxylic acids is 1. The molecule has 1 fully saturated rings. The summed E-state index contributed by atoms with van der Waals surface area (Å²) in [7, 11) is 0. The third kappa shape index (κ3) is 1.90. The van der Waals surface area contributed by atoms with Gasteiger partial charge in [0.05, 0.1) is 5.92 Å². The Hall–Kier alpha value is -0.620. The van der Waals surface area contributed by atoms with Crippen LogP contribution in [0, 0.1) is 12.8 Å². The zero-order valence-electron chi connectivity index (χ0n) is 7.64. The lowest BCUT2D eigenvalue weighted by molar-refractivity contribution is -0.144. The largest absolute Gasteiger partial charge is 0.481 e. The van der Waals surface area contributed by atoms with Crippen molar-refractivity contribution in [2.45, 2.75) is 29.4 Å². The quantitative estimate of drug-likeness (QED) is 0.857. The molecule has 0 amide bonds. The second-order valence-corrected chi connectivity index (χ2v) is 5.93. The highest BCUT2D eigenvalue weighted by molar-refractivity contribution is 8.01. The summed E-state index contributed by atoms with van der Waals surface area (Å²) in [5, 5.41) is 17.8. The maximum absolute atomic E-state index is 10.7. The molecule has 1 aliphatic rings. The maximum Gasteiger partial charge on any atom is 0.307 e. The van der Waals surface area contributed by atoms with Gasteiger partial charge < -0.3 is 5.11 Å². The van der Waals surface area contributed by atoms with Gasteiger partial charge in [0.1, 0.15) is 5.01 Å². The molecule has 76 valence electrons. The molecule has 2 unspecified atom stereocenters. The molecular formula is C8H10N2O2S2. The highest BCUT2D eigenvalue weighted by Gasteiger charge is 2.37. The zero-order valence-corrected chi connectivity index (χ0v) is 9.27. The highest BCUT2D eigenvalue weighted by atomic mass is 32.2. The van der Waals surface area contributed by atoms with Gasteiger partial charge in [0.15, 0.2) is 4.34 Å². The minimum Gasteiger partial charge on any atom is -0.481 e. The predicted molar refractivity (Wildman–Crippen MR) is 54.7 cm³/mol. The fourth-order valence-corrected chi connectivity index (χ4v) is 3.71. The van der Waals surface area contributed by atoms with E-state index in [0.717, 1.165) is 22.2 Å². The Kier molecular flexibility index (Phi) is 2.73. The van der Waals surface area contributed by atoms with Crippen molar-refractivity contribution in [3.63, 3.8) is 0 Å². The third-order valence-electron chi connectivity index (χ3n) is 2.29. The monoisotopic (exact) mass is 230 g/mol. The number of carboxylic acids is 1. The number of hydrogen-bond donors (Lipinski definition) is 1. The molecule has 0 spiro atoms. The first-order valence-corrected chi connectivity index (χ1v) is 6.06. The number of nitrogens with zero attached hydrogens (tertiary/aromatic N) is 2. The Morgan fingerprint density at radius 3 is 2.79 bits per heavy atom. The number of carbonyl (C=O) groups is 1. The Morgan fingerprint density at radius 1 is 1.57 bits per heavy atom. The van der Waals surface area contributed by atoms with E-state index in [-0.39, 0.29) is 11.2 Å². The topological polar surface area (TPSA) is 63.1 Å². The minimum atomic E-state index is -0.685. The highest BCUT2D eigenvalue weighted by Crippen LogP contribution is 2.41. The van der Waals surface area contributed by atoms with Crippen molar-refractivity contribution in [2.24, 2.45) is 5.92 Å². The van der Waals surface area contributed by atoms with Crippen LogP contribution >= 0.6 is 23.1 Å². The molecule has 0 aliphatic heterocycles. The smallest absolute Gasteiger partial charge is 0.307 e. The average Bonchev–Trinajstić information content (AvgIpc) is 2.44. The van der Waals surface area contributed by atoms with E-state index in [1.807, 2.05) is 6.92 Å². The summed E-state index contributed by atoms with van der Waals surface area (Å²) in [6.07, 6.45) is 1.77. The number of hydrogen-bond acceptors (Lipinski definition) is 5. The molecule has 0 bridgehead atoms. The Balaban J connectivity index is 1.95. The molecule has 14 heavy (non-hydrogen) atoms. The van der Waals surface area contributed by atoms with Crippen LogP contribution < -0.4 is 0 Å². The fraction of sp³-hybridized carbons (Fsp3) is 0.625. The molecule has 6 heteroatoms. The van der Waals surface area contributed by atoms with Crippen LogP contribution in [0.1, 0.15) is 17.8 Å². The molecule has 1 heterocycles. The lowest BCUT2D eigenvalue weighted by atomic mass is 9.85. The van der Waals surface area contributed by atoms with E-state index in [1.165, 1.54) is 11.3 Å². The summed E-state index contributed by atoms with van der Waals surface area (Å²) in [5.41, 5.74) is 0. The molecule has 1 aliphatic carbocycles. The molecule has 0 saturated heterocycles. The van der Waals surface area contributed by atoms with Gasteiger partial charge in [0, 0.05) is 5.25 Å². The van der Waals surface area contributed by atoms with Crippen LogP contribution in [-0.4, -0.2) is 26.5 Å². The summed E-state index contributed by atoms with van der Waals surface area (Å²) in [6.45, 7) is 1.90. The van der Waals surface area contributed by atoms with Gasteiger partial charge in [0.2, 0.25) is 0 Å². The van der Waals surface area contributed by atoms with E-state index in [4.69, 9.17) is 5.11 Å². The normalized spacial score (nSPS) is 25.8. The van der Waals surface area contributed by atoms with Crippen LogP contribution in [0.2, 0.25) is 0 Å². The van der Waals surface area contributed by atoms with Crippen molar-refractivity contribution in [3.05, 3.63) is 5.01 Å². The first-order chi connectivity index (χ1) is 6.66. The summed E-state index contributed by atoms with van der Waals surface area (Å²) >= 11 is 3.08. The van der Waals surface area contributed by atoms with Crippen LogP contribution in [0.5, 0.6) is 0 Å². The van der Waals surface area contributed by atoms with Crippen molar-refractivity contribution in [3.8, 4) is 0 Å². The van der Waals surface area contributed by atoms with Crippen molar-refractivity contribution < 1.29 is 9.90 Å². The van der Waals surface area contributed by atoms with E-state index in [0.29, 0.717) is 0 Å². The van der Waals surface area contributed by atoms with Gasteiger partial charge in [-0.25, -0.2) is 0 Å². The fourth-order valence-electron chi connectivity index (χ4n) is 1.35. The van der Waals surface area contributed by atoms with Crippen LogP contribution in [0.15, 0.2) is 4.34 Å². The van der Waals surface area contributed by atoms with Gasteiger partial charge in [0.25, 0.3) is 0 Å². The molecular weight excluding hydrogens is 220 g/mol. The zero-order chi connectivity index (χ0) is 10.1. The van der Waals surface area contributed by atoms with Crippen LogP contribution in [0.3, 0.4) is 0 Å². The molecule has 2 atom stereocenters. The van der Waals surface area contributed by atoms with E-state index < -0.39 is 5.97 Å². The van der Waals surface area contributed by atoms with Crippen LogP contribution in [-0.2, 0) is 4.79 Å². The predicted octanol–water partition coefficient (Wildman–Crippen LogP) is 1.80. The maximum atomic E-state index is 10.7. The van der Waals surface area contributed by atoms with Crippen LogP contribution in [0.25, 0.3) is 0 Å². The third-order valence-corrected chi connectivity index (χ3v) is 4.61. The summed E-state index contributed by atoms with van der Waals surface area (Å²) in [5.74, 6) is -0.876. The molecule has 0 aromatic carbocycles. The van der Waals surface area contributed by atoms with E-state index in [9.17, 15) is 4.79 Å². The lowest BCUT2D eigenvalue weighted by Gasteiger charge is -2.31. The number of aromatic nitrogens is 2. The molecule has 1 saturated carbocycles. The molecule has 4 nitrogen and oxygen atoms in total. The summed E-state index contributed by atoms with van der Waals surface area (Å²) in [6, 6.07) is 0. The minimum absolute atomic E-state index is 0.191. The lowest BCUT2D eigenvalue weighted by Crippen LogP contribution is -2.35. The van der Waals surface area contributed by atoms with Gasteiger partial charge >= 0.3 is 5.97 Å².